The molecule has 2 aromatic carbocycles. The number of methoxy groups -OCH3 is 1. The van der Waals surface area contributed by atoms with Crippen LogP contribution in [0.5, 0.6) is 0 Å². The zero-order valence-corrected chi connectivity index (χ0v) is 19.0. The van der Waals surface area contributed by atoms with Crippen LogP contribution in [0.2, 0.25) is 5.02 Å². The molecule has 0 atom stereocenters. The molecule has 1 fully saturated rings. The molecule has 6 nitrogen and oxygen atoms in total. The highest BCUT2D eigenvalue weighted by Gasteiger charge is 2.41. The predicted molar refractivity (Wildman–Crippen MR) is 120 cm³/mol. The minimum Gasteiger partial charge on any atom is -0.383 e. The van der Waals surface area contributed by atoms with Crippen LogP contribution in [0, 0.1) is 0 Å². The molecule has 30 heavy (non-hydrogen) atoms. The Morgan fingerprint density at radius 3 is 2.50 bits per heavy atom. The highest BCUT2D eigenvalue weighted by atomic mass is 79.9. The standard InChI is InChI=1S/C22H24BrClN2O4/c1-29-13-10-25-20(27)18-7-6-17(14-19(18)24)26-21(28)22(8-11-30-12-9-22)15-2-4-16(23)5-3-15/h2-7,14H,8-13H2,1H3,(H,25,27)(H,26,28). The maximum Gasteiger partial charge on any atom is 0.252 e. The van der Waals surface area contributed by atoms with E-state index >= 15 is 0 Å². The van der Waals surface area contributed by atoms with Gasteiger partial charge in [-0.25, -0.2) is 0 Å². The Bertz CT molecular complexity index is 899. The van der Waals surface area contributed by atoms with E-state index in [1.165, 1.54) is 0 Å². The first kappa shape index (κ1) is 22.7. The molecule has 0 aliphatic carbocycles. The first-order valence-electron chi connectivity index (χ1n) is 9.68. The second kappa shape index (κ2) is 10.4. The topological polar surface area (TPSA) is 76.7 Å². The molecule has 8 heteroatoms. The minimum atomic E-state index is -0.679. The number of anilines is 1. The van der Waals surface area contributed by atoms with Gasteiger partial charge in [-0.2, -0.15) is 0 Å². The third-order valence-electron chi connectivity index (χ3n) is 5.24. The number of carbonyl (C=O) groups is 2. The van der Waals surface area contributed by atoms with Gasteiger partial charge in [-0.1, -0.05) is 39.7 Å². The smallest absolute Gasteiger partial charge is 0.252 e. The molecule has 3 rings (SSSR count). The molecule has 0 unspecified atom stereocenters. The third-order valence-corrected chi connectivity index (χ3v) is 6.08. The van der Waals surface area contributed by atoms with Crippen LogP contribution in [0.1, 0.15) is 28.8 Å². The Labute approximate surface area is 189 Å². The van der Waals surface area contributed by atoms with E-state index in [0.29, 0.717) is 50.5 Å². The van der Waals surface area contributed by atoms with E-state index in [0.717, 1.165) is 10.0 Å². The summed E-state index contributed by atoms with van der Waals surface area (Å²) >= 11 is 9.75. The number of benzene rings is 2. The maximum absolute atomic E-state index is 13.4. The van der Waals surface area contributed by atoms with Crippen LogP contribution in [0.4, 0.5) is 5.69 Å². The number of hydrogen-bond donors (Lipinski definition) is 2. The summed E-state index contributed by atoms with van der Waals surface area (Å²) in [7, 11) is 1.57. The molecular weight excluding hydrogens is 472 g/mol. The van der Waals surface area contributed by atoms with Crippen molar-refractivity contribution in [3.05, 3.63) is 63.1 Å². The van der Waals surface area contributed by atoms with E-state index in [1.54, 1.807) is 25.3 Å². The lowest BCUT2D eigenvalue weighted by atomic mass is 9.73. The van der Waals surface area contributed by atoms with Crippen LogP contribution in [-0.4, -0.2) is 45.3 Å². The van der Waals surface area contributed by atoms with Gasteiger partial charge in [0.25, 0.3) is 5.91 Å². The Hall–Kier alpha value is -1.93. The SMILES string of the molecule is COCCNC(=O)c1ccc(NC(=O)C2(c3ccc(Br)cc3)CCOCC2)cc1Cl. The van der Waals surface area contributed by atoms with Crippen LogP contribution >= 0.6 is 27.5 Å². The minimum absolute atomic E-state index is 0.110. The lowest BCUT2D eigenvalue weighted by Crippen LogP contribution is -2.44. The molecule has 0 saturated carbocycles. The molecule has 0 aromatic heterocycles. The number of rotatable bonds is 7. The van der Waals surface area contributed by atoms with Crippen molar-refractivity contribution in [2.75, 3.05) is 38.8 Å². The maximum atomic E-state index is 13.4. The van der Waals surface area contributed by atoms with E-state index in [1.807, 2.05) is 24.3 Å². The van der Waals surface area contributed by atoms with E-state index < -0.39 is 5.41 Å². The summed E-state index contributed by atoms with van der Waals surface area (Å²) < 4.78 is 11.4. The van der Waals surface area contributed by atoms with Gasteiger partial charge >= 0.3 is 0 Å². The average molecular weight is 496 g/mol. The molecule has 1 aliphatic rings. The Balaban J connectivity index is 1.78. The number of amides is 2. The van der Waals surface area contributed by atoms with E-state index in [9.17, 15) is 9.59 Å². The van der Waals surface area contributed by atoms with Gasteiger partial charge in [0.05, 0.1) is 22.6 Å². The number of hydrogen-bond acceptors (Lipinski definition) is 4. The fraction of sp³-hybridized carbons (Fsp3) is 0.364. The lowest BCUT2D eigenvalue weighted by molar-refractivity contribution is -0.125. The summed E-state index contributed by atoms with van der Waals surface area (Å²) in [6.45, 7) is 1.84. The second-order valence-electron chi connectivity index (χ2n) is 7.10. The van der Waals surface area contributed by atoms with Crippen LogP contribution in [0.25, 0.3) is 0 Å². The van der Waals surface area contributed by atoms with Crippen LogP contribution < -0.4 is 10.6 Å². The van der Waals surface area contributed by atoms with Gasteiger partial charge in [0.15, 0.2) is 0 Å². The summed E-state index contributed by atoms with van der Waals surface area (Å²) in [5, 5.41) is 5.98. The molecule has 1 saturated heterocycles. The van der Waals surface area contributed by atoms with Crippen molar-refractivity contribution >= 4 is 45.0 Å². The fourth-order valence-electron chi connectivity index (χ4n) is 3.53. The summed E-state index contributed by atoms with van der Waals surface area (Å²) in [6.07, 6.45) is 1.18. The highest BCUT2D eigenvalue weighted by Crippen LogP contribution is 2.37. The normalized spacial score (nSPS) is 15.4. The summed E-state index contributed by atoms with van der Waals surface area (Å²) in [5.41, 5.74) is 1.16. The molecular formula is C22H24BrClN2O4. The summed E-state index contributed by atoms with van der Waals surface area (Å²) in [5.74, 6) is -0.396. The quantitative estimate of drug-likeness (QED) is 0.566. The molecule has 0 spiro atoms. The van der Waals surface area contributed by atoms with Crippen molar-refractivity contribution in [2.45, 2.75) is 18.3 Å². The Morgan fingerprint density at radius 2 is 1.87 bits per heavy atom. The van der Waals surface area contributed by atoms with Crippen molar-refractivity contribution < 1.29 is 19.1 Å². The zero-order chi connectivity index (χ0) is 21.6. The summed E-state index contributed by atoms with van der Waals surface area (Å²) in [4.78, 5) is 25.6. The fourth-order valence-corrected chi connectivity index (χ4v) is 4.06. The highest BCUT2D eigenvalue weighted by molar-refractivity contribution is 9.10. The molecule has 2 amide bonds. The van der Waals surface area contributed by atoms with E-state index in [-0.39, 0.29) is 16.8 Å². The van der Waals surface area contributed by atoms with Crippen molar-refractivity contribution in [3.8, 4) is 0 Å². The molecule has 160 valence electrons. The van der Waals surface area contributed by atoms with Gasteiger partial charge in [-0.05, 0) is 48.7 Å². The molecule has 1 aliphatic heterocycles. The number of ether oxygens (including phenoxy) is 2. The second-order valence-corrected chi connectivity index (χ2v) is 8.42. The zero-order valence-electron chi connectivity index (χ0n) is 16.7. The van der Waals surface area contributed by atoms with Crippen molar-refractivity contribution in [3.63, 3.8) is 0 Å². The third kappa shape index (κ3) is 5.21. The van der Waals surface area contributed by atoms with Gasteiger partial charge in [0.1, 0.15) is 0 Å². The van der Waals surface area contributed by atoms with Gasteiger partial charge < -0.3 is 20.1 Å². The van der Waals surface area contributed by atoms with Gasteiger partial charge in [-0.3, -0.25) is 9.59 Å². The Kier molecular flexibility index (Phi) is 7.88. The predicted octanol–water partition coefficient (Wildman–Crippen LogP) is 4.17. The first-order valence-corrected chi connectivity index (χ1v) is 10.9. The monoisotopic (exact) mass is 494 g/mol. The first-order chi connectivity index (χ1) is 14.5. The molecule has 1 heterocycles. The van der Waals surface area contributed by atoms with Crippen LogP contribution in [0.15, 0.2) is 46.9 Å². The molecule has 0 bridgehead atoms. The lowest BCUT2D eigenvalue weighted by Gasteiger charge is -2.36. The van der Waals surface area contributed by atoms with Crippen molar-refractivity contribution in [2.24, 2.45) is 0 Å². The largest absolute Gasteiger partial charge is 0.383 e. The van der Waals surface area contributed by atoms with Gasteiger partial charge in [0, 0.05) is 37.0 Å². The number of nitrogens with one attached hydrogen (secondary N) is 2. The van der Waals surface area contributed by atoms with Crippen LogP contribution in [-0.2, 0) is 19.7 Å². The molecule has 2 N–H and O–H groups in total. The van der Waals surface area contributed by atoms with E-state index in [2.05, 4.69) is 26.6 Å². The molecule has 0 radical (unpaired) electrons. The average Bonchev–Trinajstić information content (AvgIpc) is 2.75. The molecule has 2 aromatic rings. The van der Waals surface area contributed by atoms with Gasteiger partial charge in [0.2, 0.25) is 5.91 Å². The van der Waals surface area contributed by atoms with Crippen molar-refractivity contribution in [1.82, 2.24) is 5.32 Å². The number of carbonyl (C=O) groups excluding carboxylic acids is 2. The Morgan fingerprint density at radius 1 is 1.17 bits per heavy atom. The number of halogens is 2. The van der Waals surface area contributed by atoms with Crippen molar-refractivity contribution in [1.29, 1.82) is 0 Å². The van der Waals surface area contributed by atoms with E-state index in [4.69, 9.17) is 21.1 Å². The summed E-state index contributed by atoms with van der Waals surface area (Å²) in [6, 6.07) is 12.7. The van der Waals surface area contributed by atoms with Gasteiger partial charge in [-0.15, -0.1) is 0 Å². The van der Waals surface area contributed by atoms with Crippen LogP contribution in [0.3, 0.4) is 0 Å².